The van der Waals surface area contributed by atoms with Gasteiger partial charge in [-0.1, -0.05) is 11.8 Å². The summed E-state index contributed by atoms with van der Waals surface area (Å²) in [6.45, 7) is 1.82. The molecule has 1 heterocycles. The van der Waals surface area contributed by atoms with Gasteiger partial charge in [0.15, 0.2) is 0 Å². The van der Waals surface area contributed by atoms with Gasteiger partial charge in [-0.25, -0.2) is 13.8 Å². The van der Waals surface area contributed by atoms with Crippen LogP contribution in [0.1, 0.15) is 5.69 Å². The Hall–Kier alpha value is -1.62. The monoisotopic (exact) mass is 252 g/mol. The predicted octanol–water partition coefficient (Wildman–Crippen LogP) is 3.40. The number of anilines is 1. The van der Waals surface area contributed by atoms with E-state index in [0.717, 1.165) is 23.5 Å². The first kappa shape index (κ1) is 11.9. The summed E-state index contributed by atoms with van der Waals surface area (Å²) >= 11 is 1.09. The highest BCUT2D eigenvalue weighted by Gasteiger charge is 2.09. The predicted molar refractivity (Wildman–Crippen MR) is 63.9 cm³/mol. The lowest BCUT2D eigenvalue weighted by molar-refractivity contribution is 0.565. The maximum Gasteiger partial charge on any atom is 0.140 e. The minimum absolute atomic E-state index is 0.302. The van der Waals surface area contributed by atoms with E-state index in [1.165, 1.54) is 12.1 Å². The van der Waals surface area contributed by atoms with Crippen LogP contribution in [0.5, 0.6) is 0 Å². The molecule has 2 rings (SSSR count). The number of aromatic nitrogens is 1. The summed E-state index contributed by atoms with van der Waals surface area (Å²) < 4.78 is 26.2. The van der Waals surface area contributed by atoms with Crippen LogP contribution in [0.2, 0.25) is 0 Å². The largest absolute Gasteiger partial charge is 0.397 e. The highest BCUT2D eigenvalue weighted by molar-refractivity contribution is 7.99. The van der Waals surface area contributed by atoms with Crippen LogP contribution in [0.25, 0.3) is 0 Å². The van der Waals surface area contributed by atoms with Crippen molar-refractivity contribution < 1.29 is 8.78 Å². The number of hydrogen-bond acceptors (Lipinski definition) is 3. The summed E-state index contributed by atoms with van der Waals surface area (Å²) in [4.78, 5) is 4.51. The molecule has 0 unspecified atom stereocenters. The summed E-state index contributed by atoms with van der Waals surface area (Å²) in [5, 5.41) is 0.524. The van der Waals surface area contributed by atoms with Crippen LogP contribution >= 0.6 is 11.8 Å². The van der Waals surface area contributed by atoms with Crippen molar-refractivity contribution in [2.45, 2.75) is 16.8 Å². The normalized spacial score (nSPS) is 10.5. The van der Waals surface area contributed by atoms with Crippen molar-refractivity contribution in [3.63, 3.8) is 0 Å². The van der Waals surface area contributed by atoms with E-state index in [1.807, 2.05) is 6.92 Å². The van der Waals surface area contributed by atoms with Gasteiger partial charge in [-0.2, -0.15) is 0 Å². The van der Waals surface area contributed by atoms with Gasteiger partial charge in [0.2, 0.25) is 0 Å². The van der Waals surface area contributed by atoms with Crippen LogP contribution in [0.4, 0.5) is 14.5 Å². The third kappa shape index (κ3) is 2.74. The van der Waals surface area contributed by atoms with Gasteiger partial charge in [0.25, 0.3) is 0 Å². The van der Waals surface area contributed by atoms with Crippen LogP contribution in [0, 0.1) is 18.6 Å². The molecule has 0 saturated carbocycles. The smallest absolute Gasteiger partial charge is 0.140 e. The fourth-order valence-corrected chi connectivity index (χ4v) is 2.16. The van der Waals surface area contributed by atoms with Crippen LogP contribution in [0.15, 0.2) is 40.3 Å². The van der Waals surface area contributed by atoms with Gasteiger partial charge in [-0.05, 0) is 31.2 Å². The van der Waals surface area contributed by atoms with E-state index in [0.29, 0.717) is 15.6 Å². The van der Waals surface area contributed by atoms with Gasteiger partial charge in [0.1, 0.15) is 16.7 Å². The van der Waals surface area contributed by atoms with E-state index in [4.69, 9.17) is 5.73 Å². The molecule has 1 aromatic carbocycles. The Kier molecular flexibility index (Phi) is 3.28. The van der Waals surface area contributed by atoms with Gasteiger partial charge in [-0.15, -0.1) is 0 Å². The number of aryl methyl sites for hydroxylation is 1. The van der Waals surface area contributed by atoms with E-state index in [9.17, 15) is 8.78 Å². The van der Waals surface area contributed by atoms with Crippen LogP contribution < -0.4 is 5.73 Å². The van der Waals surface area contributed by atoms with Gasteiger partial charge >= 0.3 is 0 Å². The summed E-state index contributed by atoms with van der Waals surface area (Å²) in [6.07, 6.45) is 0. The summed E-state index contributed by atoms with van der Waals surface area (Å²) in [5.41, 5.74) is 7.01. The van der Waals surface area contributed by atoms with E-state index in [-0.39, 0.29) is 0 Å². The van der Waals surface area contributed by atoms with Crippen LogP contribution in [-0.2, 0) is 0 Å². The second kappa shape index (κ2) is 4.71. The van der Waals surface area contributed by atoms with Crippen molar-refractivity contribution in [3.8, 4) is 0 Å². The highest BCUT2D eigenvalue weighted by atomic mass is 32.2. The third-order valence-corrected chi connectivity index (χ3v) is 3.20. The lowest BCUT2D eigenvalue weighted by atomic mass is 10.3. The van der Waals surface area contributed by atoms with Crippen molar-refractivity contribution >= 4 is 17.4 Å². The average Bonchev–Trinajstić information content (AvgIpc) is 2.27. The number of nitrogens with two attached hydrogens (primary N) is 1. The van der Waals surface area contributed by atoms with Gasteiger partial charge < -0.3 is 5.73 Å². The molecule has 0 aliphatic carbocycles. The number of hydrogen-bond donors (Lipinski definition) is 1. The van der Waals surface area contributed by atoms with E-state index in [2.05, 4.69) is 4.98 Å². The van der Waals surface area contributed by atoms with E-state index in [1.54, 1.807) is 12.1 Å². The maximum atomic E-state index is 13.4. The second-order valence-corrected chi connectivity index (χ2v) is 4.55. The minimum atomic E-state index is -0.613. The molecule has 2 N–H and O–H groups in total. The zero-order valence-electron chi connectivity index (χ0n) is 9.08. The maximum absolute atomic E-state index is 13.4. The number of nitrogen functional groups attached to an aromatic ring is 1. The van der Waals surface area contributed by atoms with E-state index >= 15 is 0 Å². The van der Waals surface area contributed by atoms with Gasteiger partial charge in [0, 0.05) is 16.7 Å². The summed E-state index contributed by atoms with van der Waals surface area (Å²) in [7, 11) is 0. The van der Waals surface area contributed by atoms with E-state index < -0.39 is 11.6 Å². The molecule has 0 radical (unpaired) electrons. The Morgan fingerprint density at radius 3 is 2.65 bits per heavy atom. The molecule has 0 amide bonds. The van der Waals surface area contributed by atoms with Crippen molar-refractivity contribution in [2.75, 3.05) is 5.73 Å². The molecule has 88 valence electrons. The quantitative estimate of drug-likeness (QED) is 0.890. The molecule has 17 heavy (non-hydrogen) atoms. The molecule has 0 fully saturated rings. The number of benzene rings is 1. The number of rotatable bonds is 2. The highest BCUT2D eigenvalue weighted by Crippen LogP contribution is 2.32. The number of nitrogens with zero attached hydrogens (tertiary/aromatic N) is 1. The number of halogens is 2. The Morgan fingerprint density at radius 1 is 1.18 bits per heavy atom. The number of pyridine rings is 1. The Morgan fingerprint density at radius 2 is 1.94 bits per heavy atom. The SMILES string of the molecule is Cc1ccc(N)c(Sc2ccc(F)cc2F)n1. The lowest BCUT2D eigenvalue weighted by Crippen LogP contribution is -1.94. The molecule has 2 aromatic rings. The lowest BCUT2D eigenvalue weighted by Gasteiger charge is -2.06. The van der Waals surface area contributed by atoms with Crippen molar-refractivity contribution in [1.82, 2.24) is 4.98 Å². The molecule has 5 heteroatoms. The van der Waals surface area contributed by atoms with Crippen molar-refractivity contribution in [1.29, 1.82) is 0 Å². The molecule has 0 saturated heterocycles. The molecule has 0 bridgehead atoms. The molecule has 1 aromatic heterocycles. The zero-order valence-corrected chi connectivity index (χ0v) is 9.89. The molecule has 2 nitrogen and oxygen atoms in total. The third-order valence-electron chi connectivity index (χ3n) is 2.13. The molecule has 0 atom stereocenters. The van der Waals surface area contributed by atoms with Crippen LogP contribution in [0.3, 0.4) is 0 Å². The Balaban J connectivity index is 2.34. The Labute approximate surface area is 102 Å². The second-order valence-electron chi connectivity index (χ2n) is 3.52. The fraction of sp³-hybridized carbons (Fsp3) is 0.0833. The first-order chi connectivity index (χ1) is 8.06. The molecular formula is C12H10F2N2S. The molecule has 0 aliphatic heterocycles. The van der Waals surface area contributed by atoms with Crippen molar-refractivity contribution in [2.24, 2.45) is 0 Å². The first-order valence-electron chi connectivity index (χ1n) is 4.92. The summed E-state index contributed by atoms with van der Waals surface area (Å²) in [5.74, 6) is -1.21. The first-order valence-corrected chi connectivity index (χ1v) is 5.74. The standard InChI is InChI=1S/C12H10F2N2S/c1-7-2-4-10(15)12(16-7)17-11-5-3-8(13)6-9(11)14/h2-6H,15H2,1H3. The Bertz CT molecular complexity index is 558. The molecule has 0 aliphatic rings. The average molecular weight is 252 g/mol. The summed E-state index contributed by atoms with van der Waals surface area (Å²) in [6, 6.07) is 6.91. The zero-order chi connectivity index (χ0) is 12.4. The molecule has 0 spiro atoms. The van der Waals surface area contributed by atoms with Gasteiger partial charge in [0.05, 0.1) is 5.69 Å². The minimum Gasteiger partial charge on any atom is -0.397 e. The topological polar surface area (TPSA) is 38.9 Å². The van der Waals surface area contributed by atoms with Crippen molar-refractivity contribution in [3.05, 3.63) is 47.7 Å². The van der Waals surface area contributed by atoms with Gasteiger partial charge in [-0.3, -0.25) is 0 Å². The fourth-order valence-electron chi connectivity index (χ4n) is 1.29. The molecular weight excluding hydrogens is 242 g/mol. The van der Waals surface area contributed by atoms with Crippen LogP contribution in [-0.4, -0.2) is 4.98 Å².